The second kappa shape index (κ2) is 7.44. The van der Waals surface area contributed by atoms with Gasteiger partial charge in [-0.15, -0.1) is 0 Å². The molecule has 0 radical (unpaired) electrons. The van der Waals surface area contributed by atoms with Crippen LogP contribution in [0.25, 0.3) is 0 Å². The van der Waals surface area contributed by atoms with Crippen LogP contribution in [0.2, 0.25) is 5.02 Å². The van der Waals surface area contributed by atoms with Crippen molar-refractivity contribution in [1.29, 1.82) is 0 Å². The summed E-state index contributed by atoms with van der Waals surface area (Å²) in [6.45, 7) is 6.35. The summed E-state index contributed by atoms with van der Waals surface area (Å²) in [5.74, 6) is -0.974. The number of amides is 2. The largest absolute Gasteiger partial charge is 0.444 e. The number of benzene rings is 1. The number of carbonyl (C=O) groups excluding carboxylic acids is 2. The Kier molecular flexibility index (Phi) is 5.39. The van der Waals surface area contributed by atoms with E-state index in [1.807, 2.05) is 20.8 Å². The van der Waals surface area contributed by atoms with Crippen molar-refractivity contribution in [2.45, 2.75) is 39.3 Å². The highest BCUT2D eigenvalue weighted by Gasteiger charge is 2.28. The van der Waals surface area contributed by atoms with Gasteiger partial charge in [0.2, 0.25) is 0 Å². The Labute approximate surface area is 165 Å². The maximum atomic E-state index is 13.1. The highest BCUT2D eigenvalue weighted by molar-refractivity contribution is 7.15. The Morgan fingerprint density at radius 3 is 2.78 bits per heavy atom. The van der Waals surface area contributed by atoms with Gasteiger partial charge in [-0.05, 0) is 39.0 Å². The van der Waals surface area contributed by atoms with Gasteiger partial charge in [-0.2, -0.15) is 0 Å². The third kappa shape index (κ3) is 4.75. The Balaban J connectivity index is 1.69. The molecular formula is C18H19ClFN3O3S. The number of hydrogen-bond donors (Lipinski definition) is 1. The molecule has 1 aliphatic rings. The van der Waals surface area contributed by atoms with Crippen molar-refractivity contribution < 1.29 is 18.7 Å². The summed E-state index contributed by atoms with van der Waals surface area (Å²) in [5, 5.41) is 3.13. The van der Waals surface area contributed by atoms with Gasteiger partial charge in [0.05, 0.1) is 22.8 Å². The number of halogens is 2. The highest BCUT2D eigenvalue weighted by Crippen LogP contribution is 2.30. The first-order chi connectivity index (χ1) is 12.6. The van der Waals surface area contributed by atoms with E-state index < -0.39 is 17.3 Å². The number of aromatic nitrogens is 1. The van der Waals surface area contributed by atoms with Gasteiger partial charge in [-0.25, -0.2) is 14.2 Å². The van der Waals surface area contributed by atoms with Crippen LogP contribution in [0.4, 0.5) is 14.3 Å². The topological polar surface area (TPSA) is 71.5 Å². The molecule has 2 heterocycles. The predicted octanol–water partition coefficient (Wildman–Crippen LogP) is 4.48. The first-order valence-corrected chi connectivity index (χ1v) is 9.55. The van der Waals surface area contributed by atoms with Gasteiger partial charge >= 0.3 is 6.09 Å². The zero-order valence-corrected chi connectivity index (χ0v) is 16.7. The van der Waals surface area contributed by atoms with Gasteiger partial charge in [-0.1, -0.05) is 22.9 Å². The van der Waals surface area contributed by atoms with E-state index in [-0.39, 0.29) is 16.7 Å². The Morgan fingerprint density at radius 2 is 2.11 bits per heavy atom. The molecular weight excluding hydrogens is 393 g/mol. The lowest BCUT2D eigenvalue weighted by Gasteiger charge is -2.29. The zero-order chi connectivity index (χ0) is 19.8. The molecule has 0 bridgehead atoms. The van der Waals surface area contributed by atoms with Crippen molar-refractivity contribution in [2.75, 3.05) is 11.9 Å². The van der Waals surface area contributed by atoms with Crippen LogP contribution in [0.5, 0.6) is 0 Å². The zero-order valence-electron chi connectivity index (χ0n) is 15.1. The summed E-state index contributed by atoms with van der Waals surface area (Å²) in [6, 6.07) is 3.58. The van der Waals surface area contributed by atoms with Crippen molar-refractivity contribution in [3.63, 3.8) is 0 Å². The fourth-order valence-electron chi connectivity index (χ4n) is 2.57. The third-order valence-corrected chi connectivity index (χ3v) is 5.09. The number of ether oxygens (including phenoxy) is 1. The molecule has 0 fully saturated rings. The van der Waals surface area contributed by atoms with E-state index in [0.29, 0.717) is 24.6 Å². The van der Waals surface area contributed by atoms with Gasteiger partial charge in [0.15, 0.2) is 5.13 Å². The first-order valence-electron chi connectivity index (χ1n) is 8.35. The molecule has 1 aromatic carbocycles. The average molecular weight is 412 g/mol. The normalized spacial score (nSPS) is 13.9. The minimum absolute atomic E-state index is 0.0323. The number of thiazole rings is 1. The van der Waals surface area contributed by atoms with E-state index in [1.165, 1.54) is 23.5 Å². The minimum Gasteiger partial charge on any atom is -0.444 e. The maximum absolute atomic E-state index is 13.1. The number of nitrogens with one attached hydrogen (secondary N) is 1. The molecule has 6 nitrogen and oxygen atoms in total. The molecule has 0 aliphatic carbocycles. The molecule has 9 heteroatoms. The maximum Gasteiger partial charge on any atom is 0.410 e. The molecule has 0 atom stereocenters. The molecule has 144 valence electrons. The smallest absolute Gasteiger partial charge is 0.410 e. The monoisotopic (exact) mass is 411 g/mol. The van der Waals surface area contributed by atoms with E-state index in [4.69, 9.17) is 16.3 Å². The average Bonchev–Trinajstić information content (AvgIpc) is 2.94. The van der Waals surface area contributed by atoms with E-state index in [0.717, 1.165) is 16.6 Å². The lowest BCUT2D eigenvalue weighted by Crippen LogP contribution is -2.39. The lowest BCUT2D eigenvalue weighted by molar-refractivity contribution is 0.0225. The number of rotatable bonds is 2. The predicted molar refractivity (Wildman–Crippen MR) is 102 cm³/mol. The second-order valence-electron chi connectivity index (χ2n) is 7.12. The summed E-state index contributed by atoms with van der Waals surface area (Å²) in [5.41, 5.74) is 0.459. The quantitative estimate of drug-likeness (QED) is 0.790. The molecule has 2 amide bonds. The second-order valence-corrected chi connectivity index (χ2v) is 8.61. The number of anilines is 1. The van der Waals surface area contributed by atoms with E-state index in [2.05, 4.69) is 10.3 Å². The molecule has 1 N–H and O–H groups in total. The third-order valence-electron chi connectivity index (χ3n) is 3.78. The van der Waals surface area contributed by atoms with Crippen molar-refractivity contribution in [3.05, 3.63) is 45.2 Å². The molecule has 0 saturated carbocycles. The number of fused-ring (bicyclic) bond motifs is 1. The molecule has 2 aromatic rings. The summed E-state index contributed by atoms with van der Waals surface area (Å²) in [6.07, 6.45) is 0.211. The van der Waals surface area contributed by atoms with Crippen LogP contribution in [-0.2, 0) is 17.7 Å². The van der Waals surface area contributed by atoms with E-state index >= 15 is 0 Å². The summed E-state index contributed by atoms with van der Waals surface area (Å²) in [7, 11) is 0. The van der Waals surface area contributed by atoms with E-state index in [9.17, 15) is 14.0 Å². The van der Waals surface area contributed by atoms with Crippen LogP contribution < -0.4 is 5.32 Å². The van der Waals surface area contributed by atoms with Crippen LogP contribution in [0.1, 0.15) is 41.7 Å². The van der Waals surface area contributed by atoms with Crippen LogP contribution in [-0.4, -0.2) is 34.0 Å². The van der Waals surface area contributed by atoms with E-state index in [1.54, 1.807) is 4.90 Å². The standard InChI is InChI=1S/C18H19ClFN3O3S/c1-18(2,3)26-17(25)23-7-6-13-14(9-23)27-16(21-13)22-15(24)11-5-4-10(20)8-12(11)19/h4-5,8H,6-7,9H2,1-3H3,(H,21,22,24). The van der Waals surface area contributed by atoms with Crippen LogP contribution in [0, 0.1) is 5.82 Å². The summed E-state index contributed by atoms with van der Waals surface area (Å²) in [4.78, 5) is 31.5. The highest BCUT2D eigenvalue weighted by atomic mass is 35.5. The van der Waals surface area contributed by atoms with Gasteiger partial charge in [0.1, 0.15) is 11.4 Å². The van der Waals surface area contributed by atoms with Gasteiger partial charge in [0, 0.05) is 17.8 Å². The number of carbonyl (C=O) groups is 2. The molecule has 1 aromatic heterocycles. The van der Waals surface area contributed by atoms with Crippen LogP contribution in [0.15, 0.2) is 18.2 Å². The Morgan fingerprint density at radius 1 is 1.37 bits per heavy atom. The fraction of sp³-hybridized carbons (Fsp3) is 0.389. The molecule has 3 rings (SSSR count). The summed E-state index contributed by atoms with van der Waals surface area (Å²) >= 11 is 7.22. The van der Waals surface area contributed by atoms with Crippen LogP contribution in [0.3, 0.4) is 0 Å². The van der Waals surface area contributed by atoms with Crippen molar-refractivity contribution >= 4 is 40.1 Å². The van der Waals surface area contributed by atoms with Gasteiger partial charge < -0.3 is 9.64 Å². The summed E-state index contributed by atoms with van der Waals surface area (Å²) < 4.78 is 18.5. The van der Waals surface area contributed by atoms with Crippen molar-refractivity contribution in [1.82, 2.24) is 9.88 Å². The fourth-order valence-corrected chi connectivity index (χ4v) is 3.84. The van der Waals surface area contributed by atoms with Crippen LogP contribution >= 0.6 is 22.9 Å². The minimum atomic E-state index is -0.557. The van der Waals surface area contributed by atoms with Gasteiger partial charge in [0.25, 0.3) is 5.91 Å². The molecule has 0 unspecified atom stereocenters. The Hall–Kier alpha value is -2.19. The Bertz CT molecular complexity index is 894. The number of hydrogen-bond acceptors (Lipinski definition) is 5. The molecule has 0 spiro atoms. The van der Waals surface area contributed by atoms with Crippen molar-refractivity contribution in [2.24, 2.45) is 0 Å². The van der Waals surface area contributed by atoms with Crippen molar-refractivity contribution in [3.8, 4) is 0 Å². The SMILES string of the molecule is CC(C)(C)OC(=O)N1CCc2nc(NC(=O)c3ccc(F)cc3Cl)sc2C1. The molecule has 0 saturated heterocycles. The van der Waals surface area contributed by atoms with Gasteiger partial charge in [-0.3, -0.25) is 10.1 Å². The molecule has 1 aliphatic heterocycles. The molecule has 27 heavy (non-hydrogen) atoms. The first kappa shape index (κ1) is 19.6. The number of nitrogens with zero attached hydrogens (tertiary/aromatic N) is 2. The lowest BCUT2D eigenvalue weighted by atomic mass is 10.2.